The van der Waals surface area contributed by atoms with Crippen molar-refractivity contribution in [3.05, 3.63) is 90.0 Å². The lowest BCUT2D eigenvalue weighted by Crippen LogP contribution is -2.41. The Kier molecular flexibility index (Phi) is 10.3. The van der Waals surface area contributed by atoms with Crippen molar-refractivity contribution in [1.29, 1.82) is 0 Å². The first-order valence-electron chi connectivity index (χ1n) is 12.0. The number of nitrogens with one attached hydrogen (secondary N) is 1. The molecule has 3 aromatic carbocycles. The summed E-state index contributed by atoms with van der Waals surface area (Å²) in [5.74, 6) is -0.719. The van der Waals surface area contributed by atoms with Gasteiger partial charge in [0.05, 0.1) is 14.2 Å². The Hall–Kier alpha value is -4.04. The van der Waals surface area contributed by atoms with Crippen LogP contribution in [0.5, 0.6) is 17.2 Å². The number of carboxylic acids is 1. The molecular weight excluding hydrogens is 474 g/mol. The number of hydrogen-bond donors (Lipinski definition) is 2. The van der Waals surface area contributed by atoms with Crippen LogP contribution in [-0.2, 0) is 14.3 Å². The molecule has 3 aromatic rings. The second-order valence-corrected chi connectivity index (χ2v) is 8.60. The molecule has 0 heterocycles. The molecule has 0 aliphatic rings. The van der Waals surface area contributed by atoms with Crippen LogP contribution in [0.1, 0.15) is 30.4 Å². The van der Waals surface area contributed by atoms with E-state index < -0.39 is 18.0 Å². The highest BCUT2D eigenvalue weighted by molar-refractivity contribution is 6.28. The number of benzene rings is 3. The number of rotatable bonds is 13. The monoisotopic (exact) mass is 507 g/mol. The van der Waals surface area contributed by atoms with Crippen LogP contribution < -0.4 is 19.5 Å². The summed E-state index contributed by atoms with van der Waals surface area (Å²) in [6.45, 7) is 2.28. The second kappa shape index (κ2) is 13.9. The van der Waals surface area contributed by atoms with Crippen LogP contribution >= 0.6 is 0 Å². The minimum atomic E-state index is -1.64. The van der Waals surface area contributed by atoms with Crippen molar-refractivity contribution in [3.63, 3.8) is 0 Å². The number of carbonyl (C=O) groups excluding carboxylic acids is 1. The van der Waals surface area contributed by atoms with Gasteiger partial charge in [-0.3, -0.25) is 0 Å². The van der Waals surface area contributed by atoms with Crippen LogP contribution in [0.4, 0.5) is 0 Å². The molecule has 0 saturated heterocycles. The molecule has 0 spiro atoms. The van der Waals surface area contributed by atoms with Crippen molar-refractivity contribution in [2.24, 2.45) is 0 Å². The molecule has 0 aliphatic heterocycles. The van der Waals surface area contributed by atoms with E-state index in [2.05, 4.69) is 5.32 Å². The van der Waals surface area contributed by atoms with Crippen LogP contribution in [0.15, 0.2) is 78.9 Å². The highest BCUT2D eigenvalue weighted by Gasteiger charge is 2.23. The quantitative estimate of drug-likeness (QED) is 0.261. The van der Waals surface area contributed by atoms with Crippen molar-refractivity contribution >= 4 is 11.9 Å². The first-order valence-corrected chi connectivity index (χ1v) is 12.0. The van der Waals surface area contributed by atoms with Gasteiger partial charge in [0.2, 0.25) is 0 Å². The van der Waals surface area contributed by atoms with Crippen molar-refractivity contribution in [1.82, 2.24) is 5.32 Å². The topological polar surface area (TPSA) is 103 Å². The molecule has 0 radical (unpaired) electrons. The van der Waals surface area contributed by atoms with Crippen LogP contribution in [0.25, 0.3) is 0 Å². The lowest BCUT2D eigenvalue weighted by Gasteiger charge is -2.25. The van der Waals surface area contributed by atoms with E-state index in [-0.39, 0.29) is 25.1 Å². The summed E-state index contributed by atoms with van der Waals surface area (Å²) in [6, 6.07) is 25.0. The highest BCUT2D eigenvalue weighted by atomic mass is 16.6. The molecule has 196 valence electrons. The zero-order valence-electron chi connectivity index (χ0n) is 21.3. The fourth-order valence-electron chi connectivity index (χ4n) is 3.95. The normalized spacial score (nSPS) is 12.4. The van der Waals surface area contributed by atoms with E-state index >= 15 is 0 Å². The summed E-state index contributed by atoms with van der Waals surface area (Å²) in [6.07, 6.45) is -0.0516. The zero-order valence-corrected chi connectivity index (χ0v) is 21.3. The fraction of sp³-hybridized carbons (Fsp3) is 0.310. The third-order valence-corrected chi connectivity index (χ3v) is 5.95. The number of ether oxygens (including phenoxy) is 4. The number of hydrogen-bond acceptors (Lipinski definition) is 7. The van der Waals surface area contributed by atoms with Crippen LogP contribution in [-0.4, -0.2) is 56.6 Å². The molecule has 0 amide bonds. The average molecular weight is 508 g/mol. The summed E-state index contributed by atoms with van der Waals surface area (Å²) >= 11 is 0. The van der Waals surface area contributed by atoms with Gasteiger partial charge in [0.1, 0.15) is 30.0 Å². The van der Waals surface area contributed by atoms with Gasteiger partial charge in [-0.05, 0) is 60.9 Å². The van der Waals surface area contributed by atoms with Gasteiger partial charge in [0, 0.05) is 18.5 Å². The van der Waals surface area contributed by atoms with Gasteiger partial charge < -0.3 is 29.4 Å². The van der Waals surface area contributed by atoms with Gasteiger partial charge in [-0.25, -0.2) is 9.59 Å². The van der Waals surface area contributed by atoms with Crippen molar-refractivity contribution < 1.29 is 33.6 Å². The third kappa shape index (κ3) is 8.54. The number of para-hydroxylation sites is 1. The van der Waals surface area contributed by atoms with E-state index in [1.807, 2.05) is 73.7 Å². The summed E-state index contributed by atoms with van der Waals surface area (Å²) in [7, 11) is 3.27. The predicted molar refractivity (Wildman–Crippen MR) is 139 cm³/mol. The average Bonchev–Trinajstić information content (AvgIpc) is 2.93. The first-order chi connectivity index (χ1) is 17.9. The van der Waals surface area contributed by atoms with Gasteiger partial charge in [-0.15, -0.1) is 0 Å². The smallest absolute Gasteiger partial charge is 0.417 e. The van der Waals surface area contributed by atoms with Crippen molar-refractivity contribution in [3.8, 4) is 17.2 Å². The Bertz CT molecular complexity index is 1070. The molecule has 2 N–H and O–H groups in total. The van der Waals surface area contributed by atoms with Gasteiger partial charge >= 0.3 is 11.9 Å². The number of aliphatic carboxylic acids is 1. The van der Waals surface area contributed by atoms with E-state index in [0.717, 1.165) is 29.0 Å². The summed E-state index contributed by atoms with van der Waals surface area (Å²) < 4.78 is 21.5. The van der Waals surface area contributed by atoms with Crippen molar-refractivity contribution in [2.45, 2.75) is 31.4 Å². The summed E-state index contributed by atoms with van der Waals surface area (Å²) in [5, 5.41) is 12.4. The molecular formula is C29H33NO7. The molecule has 8 nitrogen and oxygen atoms in total. The predicted octanol–water partition coefficient (Wildman–Crippen LogP) is 4.28. The lowest BCUT2D eigenvalue weighted by molar-refractivity contribution is -0.168. The standard InChI is InChI=1S/C29H33NO7/c1-20(30-18-26(37-29(33)28(31)32)19-36-25-7-5-4-6-8-25)17-27(21-9-13-23(34-2)14-10-21)22-11-15-24(35-3)16-12-22/h4-16,20,26-27,30H,17-19H2,1-3H3,(H,31,32)/t20-,26+/m1/s1. The van der Waals surface area contributed by atoms with E-state index in [9.17, 15) is 9.59 Å². The number of carboxylic acid groups (broad SMARTS) is 1. The fourth-order valence-corrected chi connectivity index (χ4v) is 3.95. The van der Waals surface area contributed by atoms with Crippen LogP contribution in [0.2, 0.25) is 0 Å². The molecule has 8 heteroatoms. The number of methoxy groups -OCH3 is 2. The maximum absolute atomic E-state index is 11.7. The molecule has 0 fully saturated rings. The van der Waals surface area contributed by atoms with E-state index in [4.69, 9.17) is 24.1 Å². The third-order valence-electron chi connectivity index (χ3n) is 5.95. The Balaban J connectivity index is 1.70. The van der Waals surface area contributed by atoms with Crippen LogP contribution in [0, 0.1) is 0 Å². The Morgan fingerprint density at radius 1 is 0.811 bits per heavy atom. The molecule has 0 bridgehead atoms. The maximum Gasteiger partial charge on any atom is 0.417 e. The molecule has 0 saturated carbocycles. The summed E-state index contributed by atoms with van der Waals surface area (Å²) in [5.41, 5.74) is 2.25. The van der Waals surface area contributed by atoms with Gasteiger partial charge in [0.25, 0.3) is 0 Å². The van der Waals surface area contributed by atoms with Gasteiger partial charge in [-0.2, -0.15) is 0 Å². The second-order valence-electron chi connectivity index (χ2n) is 8.60. The van der Waals surface area contributed by atoms with Gasteiger partial charge in [-0.1, -0.05) is 42.5 Å². The van der Waals surface area contributed by atoms with Gasteiger partial charge in [0.15, 0.2) is 0 Å². The lowest BCUT2D eigenvalue weighted by atomic mass is 9.86. The first kappa shape index (κ1) is 27.5. The molecule has 0 unspecified atom stereocenters. The van der Waals surface area contributed by atoms with E-state index in [1.165, 1.54) is 0 Å². The van der Waals surface area contributed by atoms with Crippen LogP contribution in [0.3, 0.4) is 0 Å². The Labute approximate surface area is 217 Å². The Morgan fingerprint density at radius 2 is 1.35 bits per heavy atom. The summed E-state index contributed by atoms with van der Waals surface area (Å²) in [4.78, 5) is 22.8. The molecule has 3 rings (SSSR count). The molecule has 2 atom stereocenters. The SMILES string of the molecule is COc1ccc(C(C[C@@H](C)NC[C@@H](COc2ccccc2)OC(=O)C(=O)O)c2ccc(OC)cc2)cc1. The minimum Gasteiger partial charge on any atom is -0.497 e. The number of carbonyl (C=O) groups is 2. The minimum absolute atomic E-state index is 0.00282. The molecule has 37 heavy (non-hydrogen) atoms. The number of esters is 1. The zero-order chi connectivity index (χ0) is 26.6. The van der Waals surface area contributed by atoms with E-state index in [0.29, 0.717) is 5.75 Å². The van der Waals surface area contributed by atoms with Crippen molar-refractivity contribution in [2.75, 3.05) is 27.4 Å². The van der Waals surface area contributed by atoms with E-state index in [1.54, 1.807) is 26.4 Å². The molecule has 0 aliphatic carbocycles. The largest absolute Gasteiger partial charge is 0.497 e. The highest BCUT2D eigenvalue weighted by Crippen LogP contribution is 2.31. The Morgan fingerprint density at radius 3 is 1.84 bits per heavy atom. The molecule has 0 aromatic heterocycles. The maximum atomic E-state index is 11.7.